The van der Waals surface area contributed by atoms with Gasteiger partial charge < -0.3 is 29.2 Å². The van der Waals surface area contributed by atoms with Gasteiger partial charge in [0.05, 0.1) is 33.9 Å². The molecule has 0 bridgehead atoms. The van der Waals surface area contributed by atoms with Crippen LogP contribution in [-0.2, 0) is 15.1 Å². The van der Waals surface area contributed by atoms with E-state index in [1.54, 1.807) is 40.2 Å². The SMILES string of the molecule is COc1ccc(/C=C2\CN(C)C[C@@]3(C2=O)[C@H](c2ccc(OC)cc2OC)[C@@H]2CSCN2[C@@]32C(=O)Nc3ccccc32)c(OC)c1. The third-order valence-electron chi connectivity index (χ3n) is 10.0. The minimum absolute atomic E-state index is 0.0346. The highest BCUT2D eigenvalue weighted by Crippen LogP contribution is 2.69. The predicted molar refractivity (Wildman–Crippen MR) is 174 cm³/mol. The molecule has 0 radical (unpaired) electrons. The van der Waals surface area contributed by atoms with Crippen LogP contribution in [-0.4, -0.2) is 87.7 Å². The number of hydrogen-bond acceptors (Lipinski definition) is 9. The first-order valence-corrected chi connectivity index (χ1v) is 16.1. The second kappa shape index (κ2) is 11.1. The fraction of sp³-hybridized carbons (Fsp3) is 0.371. The molecule has 4 aliphatic heterocycles. The molecule has 3 aromatic carbocycles. The van der Waals surface area contributed by atoms with Crippen LogP contribution in [0.1, 0.15) is 22.6 Å². The standard InChI is InChI=1S/C35H37N3O6S/c1-37-17-22(14-21-10-11-23(41-2)15-29(21)43-4)32(39)34(19-37)31(25-13-12-24(42-3)16-30(25)44-5)28-18-45-20-38(28)35(34)26-8-6-7-9-27(26)36-33(35)40/h6-16,28,31H,17-20H2,1-5H3,(H,36,40)/b22-14+/t28-,31+,34-,35-/m0/s1. The molecule has 3 saturated heterocycles. The summed E-state index contributed by atoms with van der Waals surface area (Å²) in [6, 6.07) is 19.1. The topological polar surface area (TPSA) is 89.6 Å². The number of nitrogens with one attached hydrogen (secondary N) is 1. The molecule has 7 rings (SSSR count). The van der Waals surface area contributed by atoms with E-state index in [4.69, 9.17) is 18.9 Å². The number of carbonyl (C=O) groups is 2. The van der Waals surface area contributed by atoms with E-state index < -0.39 is 11.0 Å². The summed E-state index contributed by atoms with van der Waals surface area (Å²) in [4.78, 5) is 34.9. The van der Waals surface area contributed by atoms with E-state index in [9.17, 15) is 4.79 Å². The molecule has 0 aliphatic carbocycles. The number of likely N-dealkylation sites (N-methyl/N-ethyl adjacent to an activating group) is 1. The molecule has 1 N–H and O–H groups in total. The van der Waals surface area contributed by atoms with Crippen LogP contribution in [0, 0.1) is 5.41 Å². The summed E-state index contributed by atoms with van der Waals surface area (Å²) >= 11 is 1.80. The number of methoxy groups -OCH3 is 4. The van der Waals surface area contributed by atoms with Crippen LogP contribution < -0.4 is 24.3 Å². The monoisotopic (exact) mass is 627 g/mol. The molecule has 0 aromatic heterocycles. The highest BCUT2D eigenvalue weighted by Gasteiger charge is 2.78. The van der Waals surface area contributed by atoms with Gasteiger partial charge in [-0.1, -0.05) is 24.3 Å². The van der Waals surface area contributed by atoms with Crippen LogP contribution in [0.3, 0.4) is 0 Å². The largest absolute Gasteiger partial charge is 0.497 e. The van der Waals surface area contributed by atoms with Gasteiger partial charge in [0.2, 0.25) is 0 Å². The number of ketones is 1. The summed E-state index contributed by atoms with van der Waals surface area (Å²) in [5.41, 5.74) is 1.47. The summed E-state index contributed by atoms with van der Waals surface area (Å²) in [5, 5.41) is 3.20. The van der Waals surface area contributed by atoms with E-state index in [2.05, 4.69) is 15.1 Å². The zero-order valence-electron chi connectivity index (χ0n) is 26.1. The van der Waals surface area contributed by atoms with E-state index in [0.29, 0.717) is 47.5 Å². The number of carbonyl (C=O) groups excluding carboxylic acids is 2. The number of likely N-dealkylation sites (tertiary alicyclic amines) is 1. The highest BCUT2D eigenvalue weighted by molar-refractivity contribution is 7.99. The Balaban J connectivity index is 1.52. The van der Waals surface area contributed by atoms with Crippen LogP contribution >= 0.6 is 11.8 Å². The van der Waals surface area contributed by atoms with Gasteiger partial charge in [0, 0.05) is 76.8 Å². The molecule has 10 heteroatoms. The first-order chi connectivity index (χ1) is 21.8. The molecule has 0 saturated carbocycles. The van der Waals surface area contributed by atoms with E-state index in [1.807, 2.05) is 73.8 Å². The normalized spacial score (nSPS) is 28.4. The van der Waals surface area contributed by atoms with Crippen molar-refractivity contribution in [3.8, 4) is 23.0 Å². The molecule has 4 atom stereocenters. The molecule has 4 heterocycles. The van der Waals surface area contributed by atoms with Crippen molar-refractivity contribution >= 4 is 35.2 Å². The Morgan fingerprint density at radius 1 is 0.911 bits per heavy atom. The molecule has 4 aliphatic rings. The van der Waals surface area contributed by atoms with Gasteiger partial charge in [0.15, 0.2) is 5.78 Å². The van der Waals surface area contributed by atoms with Gasteiger partial charge in [0.1, 0.15) is 28.5 Å². The number of fused-ring (bicyclic) bond motifs is 5. The molecule has 0 unspecified atom stereocenters. The van der Waals surface area contributed by atoms with Crippen molar-refractivity contribution in [2.45, 2.75) is 17.5 Å². The van der Waals surface area contributed by atoms with Gasteiger partial charge in [-0.05, 0) is 37.4 Å². The number of ether oxygens (including phenoxy) is 4. The van der Waals surface area contributed by atoms with Gasteiger partial charge in [-0.25, -0.2) is 0 Å². The van der Waals surface area contributed by atoms with Crippen LogP contribution in [0.2, 0.25) is 0 Å². The Hall–Kier alpha value is -3.99. The third kappa shape index (κ3) is 4.08. The summed E-state index contributed by atoms with van der Waals surface area (Å²) in [6.07, 6.45) is 1.92. The molecular weight excluding hydrogens is 590 g/mol. The average Bonchev–Trinajstić information content (AvgIpc) is 3.71. The second-order valence-corrected chi connectivity index (χ2v) is 13.1. The van der Waals surface area contributed by atoms with Gasteiger partial charge >= 0.3 is 0 Å². The first kappa shape index (κ1) is 29.7. The van der Waals surface area contributed by atoms with Gasteiger partial charge in [0.25, 0.3) is 5.91 Å². The minimum Gasteiger partial charge on any atom is -0.497 e. The lowest BCUT2D eigenvalue weighted by Gasteiger charge is -2.51. The molecule has 2 spiro atoms. The number of nitrogens with zero attached hydrogens (tertiary/aromatic N) is 2. The predicted octanol–water partition coefficient (Wildman–Crippen LogP) is 4.63. The fourth-order valence-electron chi connectivity index (χ4n) is 8.37. The van der Waals surface area contributed by atoms with Crippen LogP contribution in [0.5, 0.6) is 23.0 Å². The van der Waals surface area contributed by atoms with Gasteiger partial charge in [-0.15, -0.1) is 11.8 Å². The van der Waals surface area contributed by atoms with E-state index in [-0.39, 0.29) is 23.7 Å². The molecular formula is C35H37N3O6S. The van der Waals surface area contributed by atoms with Crippen molar-refractivity contribution in [2.75, 3.05) is 65.5 Å². The zero-order valence-corrected chi connectivity index (χ0v) is 26.9. The van der Waals surface area contributed by atoms with Crippen molar-refractivity contribution in [1.29, 1.82) is 0 Å². The van der Waals surface area contributed by atoms with Crippen molar-refractivity contribution in [3.05, 3.63) is 82.9 Å². The number of piperidine rings is 1. The number of anilines is 1. The van der Waals surface area contributed by atoms with E-state index >= 15 is 4.79 Å². The number of thioether (sulfide) groups is 1. The quantitative estimate of drug-likeness (QED) is 0.393. The summed E-state index contributed by atoms with van der Waals surface area (Å²) in [7, 11) is 8.51. The molecule has 45 heavy (non-hydrogen) atoms. The summed E-state index contributed by atoms with van der Waals surface area (Å²) < 4.78 is 22.7. The molecule has 1 amide bonds. The Morgan fingerprint density at radius 3 is 2.36 bits per heavy atom. The minimum atomic E-state index is -1.23. The Morgan fingerprint density at radius 2 is 1.62 bits per heavy atom. The second-order valence-electron chi connectivity index (χ2n) is 12.1. The van der Waals surface area contributed by atoms with Crippen molar-refractivity contribution in [2.24, 2.45) is 5.41 Å². The Bertz CT molecular complexity index is 1730. The maximum Gasteiger partial charge on any atom is 0.250 e. The summed E-state index contributed by atoms with van der Waals surface area (Å²) in [5.74, 6) is 3.43. The number of hydrogen-bond donors (Lipinski definition) is 1. The van der Waals surface area contributed by atoms with E-state index in [0.717, 1.165) is 28.1 Å². The lowest BCUT2D eigenvalue weighted by molar-refractivity contribution is -0.146. The average molecular weight is 628 g/mol. The maximum atomic E-state index is 15.6. The lowest BCUT2D eigenvalue weighted by atomic mass is 9.55. The van der Waals surface area contributed by atoms with Gasteiger partial charge in [-0.2, -0.15) is 0 Å². The zero-order chi connectivity index (χ0) is 31.5. The summed E-state index contributed by atoms with van der Waals surface area (Å²) in [6.45, 7) is 0.823. The highest BCUT2D eigenvalue weighted by atomic mass is 32.2. The smallest absolute Gasteiger partial charge is 0.250 e. The molecule has 3 aromatic rings. The number of para-hydroxylation sites is 1. The van der Waals surface area contributed by atoms with Gasteiger partial charge in [-0.3, -0.25) is 14.5 Å². The number of rotatable bonds is 6. The maximum absolute atomic E-state index is 15.6. The Kier molecular flexibility index (Phi) is 7.34. The molecule has 234 valence electrons. The molecule has 3 fully saturated rings. The van der Waals surface area contributed by atoms with Crippen molar-refractivity contribution < 1.29 is 28.5 Å². The number of amides is 1. The first-order valence-electron chi connectivity index (χ1n) is 15.0. The number of benzene rings is 3. The lowest BCUT2D eigenvalue weighted by Crippen LogP contribution is -2.65. The Labute approximate surface area is 267 Å². The third-order valence-corrected chi connectivity index (χ3v) is 11.0. The van der Waals surface area contributed by atoms with Crippen molar-refractivity contribution in [1.82, 2.24) is 9.80 Å². The van der Waals surface area contributed by atoms with Crippen molar-refractivity contribution in [3.63, 3.8) is 0 Å². The molecule has 9 nitrogen and oxygen atoms in total. The van der Waals surface area contributed by atoms with Crippen LogP contribution in [0.4, 0.5) is 5.69 Å². The van der Waals surface area contributed by atoms with E-state index in [1.165, 1.54) is 0 Å². The fourth-order valence-corrected chi connectivity index (χ4v) is 9.67. The van der Waals surface area contributed by atoms with Crippen LogP contribution in [0.15, 0.2) is 66.2 Å². The van der Waals surface area contributed by atoms with Crippen LogP contribution in [0.25, 0.3) is 6.08 Å². The number of Topliss-reactive ketones (excluding diaryl/α,β-unsaturated/α-hetero) is 1.